The van der Waals surface area contributed by atoms with Crippen molar-refractivity contribution in [3.05, 3.63) is 30.3 Å². The third-order valence-electron chi connectivity index (χ3n) is 2.94. The van der Waals surface area contributed by atoms with Gasteiger partial charge < -0.3 is 4.74 Å². The van der Waals surface area contributed by atoms with Crippen LogP contribution in [0.1, 0.15) is 19.8 Å². The van der Waals surface area contributed by atoms with Crippen molar-refractivity contribution < 1.29 is 17.9 Å². The first-order chi connectivity index (χ1) is 8.05. The Morgan fingerprint density at radius 3 is 2.53 bits per heavy atom. The van der Waals surface area contributed by atoms with E-state index in [9.17, 15) is 13.2 Å². The number of cyclic esters (lactones) is 1. The Morgan fingerprint density at radius 1 is 1.29 bits per heavy atom. The van der Waals surface area contributed by atoms with Crippen molar-refractivity contribution in [1.82, 2.24) is 0 Å². The minimum atomic E-state index is -3.48. The molecule has 0 aliphatic carbocycles. The summed E-state index contributed by atoms with van der Waals surface area (Å²) in [6.07, 6.45) is -0.0502. The maximum Gasteiger partial charge on any atom is 0.307 e. The first-order valence-electron chi connectivity index (χ1n) is 5.54. The van der Waals surface area contributed by atoms with Gasteiger partial charge in [-0.1, -0.05) is 25.1 Å². The van der Waals surface area contributed by atoms with E-state index in [2.05, 4.69) is 0 Å². The number of carbonyl (C=O) groups excluding carboxylic acids is 1. The summed E-state index contributed by atoms with van der Waals surface area (Å²) in [6, 6.07) is 8.19. The van der Waals surface area contributed by atoms with E-state index < -0.39 is 27.2 Å². The highest BCUT2D eigenvalue weighted by Gasteiger charge is 2.43. The second-order valence-corrected chi connectivity index (χ2v) is 6.20. The zero-order valence-electron chi connectivity index (χ0n) is 9.50. The van der Waals surface area contributed by atoms with Crippen LogP contribution in [-0.4, -0.2) is 25.7 Å². The second-order valence-electron chi connectivity index (χ2n) is 4.04. The van der Waals surface area contributed by atoms with Gasteiger partial charge in [0.1, 0.15) is 11.4 Å². The van der Waals surface area contributed by atoms with Crippen molar-refractivity contribution in [2.75, 3.05) is 0 Å². The van der Waals surface area contributed by atoms with E-state index >= 15 is 0 Å². The molecule has 1 heterocycles. The van der Waals surface area contributed by atoms with Gasteiger partial charge in [0.25, 0.3) is 0 Å². The van der Waals surface area contributed by atoms with Crippen LogP contribution in [0.15, 0.2) is 35.2 Å². The summed E-state index contributed by atoms with van der Waals surface area (Å²) in [6.45, 7) is 1.82. The topological polar surface area (TPSA) is 60.4 Å². The smallest absolute Gasteiger partial charge is 0.307 e. The predicted molar refractivity (Wildman–Crippen MR) is 62.2 cm³/mol. The fourth-order valence-electron chi connectivity index (χ4n) is 2.03. The molecule has 17 heavy (non-hydrogen) atoms. The van der Waals surface area contributed by atoms with Gasteiger partial charge >= 0.3 is 5.97 Å². The van der Waals surface area contributed by atoms with E-state index in [-0.39, 0.29) is 11.3 Å². The summed E-state index contributed by atoms with van der Waals surface area (Å²) in [5.74, 6) is -0.429. The number of carbonyl (C=O) groups is 1. The molecule has 0 radical (unpaired) electrons. The number of esters is 1. The third kappa shape index (κ3) is 2.20. The monoisotopic (exact) mass is 254 g/mol. The van der Waals surface area contributed by atoms with Crippen molar-refractivity contribution in [3.8, 4) is 0 Å². The summed E-state index contributed by atoms with van der Waals surface area (Å²) >= 11 is 0. The minimum absolute atomic E-state index is 0.0459. The van der Waals surface area contributed by atoms with Gasteiger partial charge in [0.05, 0.1) is 11.3 Å². The highest BCUT2D eigenvalue weighted by atomic mass is 32.2. The molecular weight excluding hydrogens is 240 g/mol. The molecule has 4 nitrogen and oxygen atoms in total. The predicted octanol–water partition coefficient (Wildman–Crippen LogP) is 1.55. The van der Waals surface area contributed by atoms with Crippen molar-refractivity contribution in [1.29, 1.82) is 0 Å². The first kappa shape index (κ1) is 12.1. The molecule has 0 amide bonds. The fraction of sp³-hybridized carbons (Fsp3) is 0.417. The van der Waals surface area contributed by atoms with Crippen LogP contribution in [0.5, 0.6) is 0 Å². The van der Waals surface area contributed by atoms with Crippen LogP contribution < -0.4 is 0 Å². The van der Waals surface area contributed by atoms with Gasteiger partial charge in [-0.15, -0.1) is 0 Å². The fourth-order valence-corrected chi connectivity index (χ4v) is 3.92. The average molecular weight is 254 g/mol. The van der Waals surface area contributed by atoms with Crippen LogP contribution in [0.4, 0.5) is 0 Å². The Balaban J connectivity index is 2.36. The van der Waals surface area contributed by atoms with Crippen LogP contribution in [-0.2, 0) is 19.4 Å². The van der Waals surface area contributed by atoms with E-state index in [0.717, 1.165) is 0 Å². The molecule has 0 aromatic heterocycles. The lowest BCUT2D eigenvalue weighted by Gasteiger charge is -2.16. The Bertz CT molecular complexity index is 507. The zero-order chi connectivity index (χ0) is 12.5. The molecule has 2 atom stereocenters. The highest BCUT2D eigenvalue weighted by molar-refractivity contribution is 7.92. The van der Waals surface area contributed by atoms with Gasteiger partial charge in [0.2, 0.25) is 0 Å². The van der Waals surface area contributed by atoms with E-state index in [0.29, 0.717) is 6.42 Å². The maximum atomic E-state index is 12.3. The lowest BCUT2D eigenvalue weighted by Crippen LogP contribution is -2.29. The molecule has 0 spiro atoms. The standard InChI is InChI=1S/C12H14O4S/c1-2-10-11(8-12(13)16-10)17(14,15)9-6-4-3-5-7-9/h3-7,10-11H,2,8H2,1H3. The molecule has 1 fully saturated rings. The largest absolute Gasteiger partial charge is 0.461 e. The van der Waals surface area contributed by atoms with Gasteiger partial charge in [0.15, 0.2) is 9.84 Å². The molecule has 5 heteroatoms. The minimum Gasteiger partial charge on any atom is -0.461 e. The highest BCUT2D eigenvalue weighted by Crippen LogP contribution is 2.29. The van der Waals surface area contributed by atoms with E-state index in [1.165, 1.54) is 0 Å². The number of sulfone groups is 1. The number of hydrogen-bond donors (Lipinski definition) is 0. The van der Waals surface area contributed by atoms with Crippen molar-refractivity contribution in [3.63, 3.8) is 0 Å². The van der Waals surface area contributed by atoms with Crippen LogP contribution in [0.2, 0.25) is 0 Å². The Morgan fingerprint density at radius 2 is 1.94 bits per heavy atom. The molecule has 0 saturated carbocycles. The number of hydrogen-bond acceptors (Lipinski definition) is 4. The molecule has 1 aromatic carbocycles. The molecule has 1 aliphatic heterocycles. The molecule has 1 aliphatic rings. The van der Waals surface area contributed by atoms with Crippen LogP contribution in [0.3, 0.4) is 0 Å². The molecule has 1 aromatic rings. The maximum absolute atomic E-state index is 12.3. The van der Waals surface area contributed by atoms with Crippen molar-refractivity contribution in [2.45, 2.75) is 36.0 Å². The third-order valence-corrected chi connectivity index (χ3v) is 5.13. The van der Waals surface area contributed by atoms with Gasteiger partial charge in [-0.05, 0) is 18.6 Å². The Kier molecular flexibility index (Phi) is 3.19. The van der Waals surface area contributed by atoms with E-state index in [1.807, 2.05) is 6.92 Å². The molecule has 2 unspecified atom stereocenters. The Labute approximate surface area is 101 Å². The van der Waals surface area contributed by atoms with E-state index in [4.69, 9.17) is 4.74 Å². The SMILES string of the molecule is CCC1OC(=O)CC1S(=O)(=O)c1ccccc1. The number of ether oxygens (including phenoxy) is 1. The van der Waals surface area contributed by atoms with Crippen molar-refractivity contribution >= 4 is 15.8 Å². The van der Waals surface area contributed by atoms with Crippen molar-refractivity contribution in [2.24, 2.45) is 0 Å². The Hall–Kier alpha value is -1.36. The number of rotatable bonds is 3. The summed E-state index contributed by atoms with van der Waals surface area (Å²) in [5, 5.41) is -0.748. The quantitative estimate of drug-likeness (QED) is 0.768. The second kappa shape index (κ2) is 4.49. The van der Waals surface area contributed by atoms with Crippen LogP contribution >= 0.6 is 0 Å². The zero-order valence-corrected chi connectivity index (χ0v) is 10.3. The van der Waals surface area contributed by atoms with Crippen LogP contribution in [0, 0.1) is 0 Å². The normalized spacial score (nSPS) is 24.6. The summed E-state index contributed by atoms with van der Waals surface area (Å²) in [7, 11) is -3.48. The summed E-state index contributed by atoms with van der Waals surface area (Å²) in [4.78, 5) is 11.5. The van der Waals surface area contributed by atoms with Gasteiger partial charge in [0, 0.05) is 0 Å². The van der Waals surface area contributed by atoms with Crippen LogP contribution in [0.25, 0.3) is 0 Å². The summed E-state index contributed by atoms with van der Waals surface area (Å²) < 4.78 is 29.6. The molecule has 1 saturated heterocycles. The molecule has 0 N–H and O–H groups in total. The molecular formula is C12H14O4S. The van der Waals surface area contributed by atoms with E-state index in [1.54, 1.807) is 30.3 Å². The lowest BCUT2D eigenvalue weighted by molar-refractivity contribution is -0.141. The average Bonchev–Trinajstić information content (AvgIpc) is 2.72. The lowest BCUT2D eigenvalue weighted by atomic mass is 10.2. The van der Waals surface area contributed by atoms with Gasteiger partial charge in [-0.3, -0.25) is 4.79 Å². The molecule has 92 valence electrons. The summed E-state index contributed by atoms with van der Waals surface area (Å²) in [5.41, 5.74) is 0. The number of benzene rings is 1. The first-order valence-corrected chi connectivity index (χ1v) is 7.08. The van der Waals surface area contributed by atoms with Gasteiger partial charge in [-0.25, -0.2) is 8.42 Å². The van der Waals surface area contributed by atoms with Gasteiger partial charge in [-0.2, -0.15) is 0 Å². The molecule has 0 bridgehead atoms. The molecule has 2 rings (SSSR count).